The smallest absolute Gasteiger partial charge is 0.267 e. The second kappa shape index (κ2) is 7.56. The molecule has 0 saturated heterocycles. The first kappa shape index (κ1) is 16.0. The molecule has 0 fully saturated rings. The molecule has 1 aromatic carbocycles. The van der Waals surface area contributed by atoms with Crippen molar-refractivity contribution >= 4 is 29.2 Å². The average Bonchev–Trinajstić information content (AvgIpc) is 2.99. The standard InChI is InChI=1S/C17H18N2O2S/c1-3-18-17(21)15(11-14-8-5-9-22-14)19-16(20)13-7-4-6-12(2)10-13/h4-11H,3H2,1-2H3,(H,18,21)(H,19,20)/b15-11-. The molecule has 2 amide bonds. The molecule has 22 heavy (non-hydrogen) atoms. The van der Waals surface area contributed by atoms with Gasteiger partial charge in [0.1, 0.15) is 5.70 Å². The van der Waals surface area contributed by atoms with Gasteiger partial charge in [-0.05, 0) is 43.5 Å². The predicted molar refractivity (Wildman–Crippen MR) is 89.6 cm³/mol. The van der Waals surface area contributed by atoms with Gasteiger partial charge in [0.15, 0.2) is 0 Å². The Kier molecular flexibility index (Phi) is 5.49. The van der Waals surface area contributed by atoms with E-state index in [1.54, 1.807) is 18.2 Å². The second-order valence-electron chi connectivity index (χ2n) is 4.76. The molecule has 0 atom stereocenters. The van der Waals surface area contributed by atoms with Gasteiger partial charge in [-0.2, -0.15) is 0 Å². The van der Waals surface area contributed by atoms with Crippen LogP contribution >= 0.6 is 11.3 Å². The molecule has 0 radical (unpaired) electrons. The number of carbonyl (C=O) groups excluding carboxylic acids is 2. The van der Waals surface area contributed by atoms with E-state index in [1.165, 1.54) is 11.3 Å². The highest BCUT2D eigenvalue weighted by Gasteiger charge is 2.14. The number of amides is 2. The third-order valence-corrected chi connectivity index (χ3v) is 3.76. The summed E-state index contributed by atoms with van der Waals surface area (Å²) in [5.41, 5.74) is 1.77. The number of nitrogens with one attached hydrogen (secondary N) is 2. The highest BCUT2D eigenvalue weighted by atomic mass is 32.1. The summed E-state index contributed by atoms with van der Waals surface area (Å²) in [6, 6.07) is 11.0. The molecule has 0 aliphatic carbocycles. The minimum atomic E-state index is -0.295. The van der Waals surface area contributed by atoms with Crippen LogP contribution in [0.25, 0.3) is 6.08 Å². The van der Waals surface area contributed by atoms with Crippen LogP contribution in [-0.4, -0.2) is 18.4 Å². The van der Waals surface area contributed by atoms with Gasteiger partial charge in [-0.25, -0.2) is 0 Å². The molecule has 0 saturated carbocycles. The quantitative estimate of drug-likeness (QED) is 0.834. The van der Waals surface area contributed by atoms with Crippen LogP contribution in [0.4, 0.5) is 0 Å². The summed E-state index contributed by atoms with van der Waals surface area (Å²) >= 11 is 1.50. The van der Waals surface area contributed by atoms with Crippen molar-refractivity contribution in [3.05, 3.63) is 63.5 Å². The molecule has 114 valence electrons. The molecule has 5 heteroatoms. The normalized spacial score (nSPS) is 11.1. The first-order chi connectivity index (χ1) is 10.6. The lowest BCUT2D eigenvalue weighted by Gasteiger charge is -2.10. The van der Waals surface area contributed by atoms with E-state index in [0.29, 0.717) is 12.1 Å². The lowest BCUT2D eigenvalue weighted by molar-refractivity contribution is -0.117. The van der Waals surface area contributed by atoms with Crippen LogP contribution in [0, 0.1) is 6.92 Å². The predicted octanol–water partition coefficient (Wildman–Crippen LogP) is 2.96. The first-order valence-corrected chi connectivity index (χ1v) is 7.89. The largest absolute Gasteiger partial charge is 0.351 e. The van der Waals surface area contributed by atoms with Gasteiger partial charge in [-0.1, -0.05) is 23.8 Å². The fourth-order valence-electron chi connectivity index (χ4n) is 1.91. The highest BCUT2D eigenvalue weighted by molar-refractivity contribution is 7.10. The summed E-state index contributed by atoms with van der Waals surface area (Å²) in [7, 11) is 0. The Morgan fingerprint density at radius 2 is 2.05 bits per heavy atom. The van der Waals surface area contributed by atoms with E-state index in [9.17, 15) is 9.59 Å². The van der Waals surface area contributed by atoms with Crippen LogP contribution in [-0.2, 0) is 4.79 Å². The van der Waals surface area contributed by atoms with Crippen LogP contribution < -0.4 is 10.6 Å². The lowest BCUT2D eigenvalue weighted by atomic mass is 10.1. The number of rotatable bonds is 5. The molecule has 2 aromatic rings. The summed E-state index contributed by atoms with van der Waals surface area (Å²) in [6.07, 6.45) is 1.68. The summed E-state index contributed by atoms with van der Waals surface area (Å²) in [5, 5.41) is 7.33. The summed E-state index contributed by atoms with van der Waals surface area (Å²) in [5.74, 6) is -0.588. The van der Waals surface area contributed by atoms with Crippen molar-refractivity contribution in [2.24, 2.45) is 0 Å². The Morgan fingerprint density at radius 1 is 1.23 bits per heavy atom. The Hall–Kier alpha value is -2.40. The lowest BCUT2D eigenvalue weighted by Crippen LogP contribution is -2.34. The molecule has 1 heterocycles. The van der Waals surface area contributed by atoms with Gasteiger partial charge in [0, 0.05) is 17.0 Å². The minimum absolute atomic E-state index is 0.246. The van der Waals surface area contributed by atoms with Crippen LogP contribution in [0.2, 0.25) is 0 Å². The van der Waals surface area contributed by atoms with E-state index in [2.05, 4.69) is 10.6 Å². The molecule has 0 bridgehead atoms. The molecular formula is C17H18N2O2S. The summed E-state index contributed by atoms with van der Waals surface area (Å²) < 4.78 is 0. The van der Waals surface area contributed by atoms with Gasteiger partial charge in [-0.15, -0.1) is 11.3 Å². The fourth-order valence-corrected chi connectivity index (χ4v) is 2.57. The topological polar surface area (TPSA) is 58.2 Å². The third-order valence-electron chi connectivity index (χ3n) is 2.94. The van der Waals surface area contributed by atoms with E-state index < -0.39 is 0 Å². The number of hydrogen-bond acceptors (Lipinski definition) is 3. The molecule has 1 aromatic heterocycles. The van der Waals surface area contributed by atoms with E-state index in [0.717, 1.165) is 10.4 Å². The zero-order valence-electron chi connectivity index (χ0n) is 12.6. The van der Waals surface area contributed by atoms with Crippen molar-refractivity contribution in [3.8, 4) is 0 Å². The van der Waals surface area contributed by atoms with Crippen LogP contribution in [0.3, 0.4) is 0 Å². The first-order valence-electron chi connectivity index (χ1n) is 7.01. The molecule has 4 nitrogen and oxygen atoms in total. The molecule has 0 unspecified atom stereocenters. The van der Waals surface area contributed by atoms with Gasteiger partial charge >= 0.3 is 0 Å². The number of hydrogen-bond donors (Lipinski definition) is 2. The van der Waals surface area contributed by atoms with Crippen LogP contribution in [0.5, 0.6) is 0 Å². The maximum absolute atomic E-state index is 12.3. The number of aryl methyl sites for hydroxylation is 1. The molecular weight excluding hydrogens is 296 g/mol. The van der Waals surface area contributed by atoms with Crippen molar-refractivity contribution in [1.82, 2.24) is 10.6 Å². The SMILES string of the molecule is CCNC(=O)/C(=C/c1cccs1)NC(=O)c1cccc(C)c1. The highest BCUT2D eigenvalue weighted by Crippen LogP contribution is 2.13. The van der Waals surface area contributed by atoms with Gasteiger partial charge in [0.05, 0.1) is 0 Å². The molecule has 2 N–H and O–H groups in total. The van der Waals surface area contributed by atoms with Crippen LogP contribution in [0.1, 0.15) is 27.7 Å². The molecule has 0 aliphatic rings. The zero-order chi connectivity index (χ0) is 15.9. The second-order valence-corrected chi connectivity index (χ2v) is 5.74. The van der Waals surface area contributed by atoms with Gasteiger partial charge in [-0.3, -0.25) is 9.59 Å². The van der Waals surface area contributed by atoms with E-state index in [4.69, 9.17) is 0 Å². The maximum Gasteiger partial charge on any atom is 0.267 e. The Bertz CT molecular complexity index is 690. The van der Waals surface area contributed by atoms with E-state index >= 15 is 0 Å². The van der Waals surface area contributed by atoms with E-state index in [1.807, 2.05) is 43.5 Å². The minimum Gasteiger partial charge on any atom is -0.351 e. The fraction of sp³-hybridized carbons (Fsp3) is 0.176. The number of carbonyl (C=O) groups is 2. The third kappa shape index (κ3) is 4.30. The van der Waals surface area contributed by atoms with E-state index in [-0.39, 0.29) is 17.5 Å². The zero-order valence-corrected chi connectivity index (χ0v) is 13.4. The van der Waals surface area contributed by atoms with Gasteiger partial charge in [0.2, 0.25) is 0 Å². The van der Waals surface area contributed by atoms with Gasteiger partial charge < -0.3 is 10.6 Å². The number of likely N-dealkylation sites (N-methyl/N-ethyl adjacent to an activating group) is 1. The number of thiophene rings is 1. The average molecular weight is 314 g/mol. The Morgan fingerprint density at radius 3 is 2.68 bits per heavy atom. The van der Waals surface area contributed by atoms with Crippen molar-refractivity contribution in [2.75, 3.05) is 6.54 Å². The van der Waals surface area contributed by atoms with Gasteiger partial charge in [0.25, 0.3) is 11.8 Å². The molecule has 2 rings (SSSR count). The molecule has 0 aliphatic heterocycles. The van der Waals surface area contributed by atoms with Crippen molar-refractivity contribution in [3.63, 3.8) is 0 Å². The summed E-state index contributed by atoms with van der Waals surface area (Å²) in [4.78, 5) is 25.3. The maximum atomic E-state index is 12.3. The Balaban J connectivity index is 2.23. The van der Waals surface area contributed by atoms with Crippen molar-refractivity contribution < 1.29 is 9.59 Å². The summed E-state index contributed by atoms with van der Waals surface area (Å²) in [6.45, 7) is 4.26. The van der Waals surface area contributed by atoms with Crippen molar-refractivity contribution in [1.29, 1.82) is 0 Å². The number of benzene rings is 1. The Labute approximate surface area is 133 Å². The molecule has 0 spiro atoms. The van der Waals surface area contributed by atoms with Crippen LogP contribution in [0.15, 0.2) is 47.5 Å². The van der Waals surface area contributed by atoms with Crippen molar-refractivity contribution in [2.45, 2.75) is 13.8 Å². The monoisotopic (exact) mass is 314 g/mol.